The van der Waals surface area contributed by atoms with Gasteiger partial charge in [0.15, 0.2) is 0 Å². The summed E-state index contributed by atoms with van der Waals surface area (Å²) in [5, 5.41) is 3.22. The van der Waals surface area contributed by atoms with Crippen molar-refractivity contribution in [3.05, 3.63) is 0 Å². The molecule has 0 saturated carbocycles. The van der Waals surface area contributed by atoms with Gasteiger partial charge in [0, 0.05) is 17.1 Å². The van der Waals surface area contributed by atoms with Crippen LogP contribution in [0.25, 0.3) is 0 Å². The second kappa shape index (κ2) is 16.4. The van der Waals surface area contributed by atoms with Crippen LogP contribution >= 0.6 is 12.2 Å². The van der Waals surface area contributed by atoms with Gasteiger partial charge in [-0.3, -0.25) is 0 Å². The number of hydrogen-bond acceptors (Lipinski definition) is 3. The van der Waals surface area contributed by atoms with Crippen molar-refractivity contribution in [3.63, 3.8) is 0 Å². The van der Waals surface area contributed by atoms with Gasteiger partial charge in [0.1, 0.15) is 0 Å². The summed E-state index contributed by atoms with van der Waals surface area (Å²) in [6.07, 6.45) is 2.78. The fraction of sp³-hybridized carbons (Fsp3) is 0.800. The van der Waals surface area contributed by atoms with E-state index in [1.54, 1.807) is 0 Å². The Morgan fingerprint density at radius 3 is 1.70 bits per heavy atom. The van der Waals surface area contributed by atoms with Gasteiger partial charge >= 0.3 is 0 Å². The van der Waals surface area contributed by atoms with Gasteiger partial charge in [-0.2, -0.15) is 4.70 Å². The summed E-state index contributed by atoms with van der Waals surface area (Å²) in [5.74, 6) is 0. The molecule has 0 unspecified atom stereocenters. The third kappa shape index (κ3) is 15.9. The third-order valence-corrected chi connectivity index (χ3v) is 0.957. The Morgan fingerprint density at radius 1 is 1.30 bits per heavy atom. The molecule has 2 nitrogen and oxygen atoms in total. The minimum Gasteiger partial charge on any atom is -0.436 e. The van der Waals surface area contributed by atoms with E-state index in [2.05, 4.69) is 30.2 Å². The van der Waals surface area contributed by atoms with Crippen LogP contribution in [-0.2, 0) is 29.7 Å². The maximum absolute atomic E-state index is 4.08. The first kappa shape index (κ1) is 17.0. The molecule has 1 aliphatic rings. The van der Waals surface area contributed by atoms with Crippen LogP contribution < -0.4 is 11.5 Å². The topological polar surface area (TPSA) is 48.5 Å². The van der Waals surface area contributed by atoms with E-state index in [4.69, 9.17) is 0 Å². The summed E-state index contributed by atoms with van der Waals surface area (Å²) in [6.45, 7) is 2.50. The molecule has 67 valence electrons. The zero-order valence-electron chi connectivity index (χ0n) is 6.02. The molecular weight excluding hydrogens is 216 g/mol. The number of quaternary nitrogens is 1. The van der Waals surface area contributed by atoms with Crippen molar-refractivity contribution < 1.29 is 17.1 Å². The standard InChI is InChI=1S/C4H9N.CH2S2.Cu.H3N/c1-2-4-5-3-1;2-1-3;;/h5H,1-4H2;1H,(H,2,3);;1H3. The van der Waals surface area contributed by atoms with E-state index < -0.39 is 0 Å². The molecule has 1 rings (SSSR count). The van der Waals surface area contributed by atoms with Gasteiger partial charge in [-0.25, -0.2) is 0 Å². The molecule has 0 amide bonds. The van der Waals surface area contributed by atoms with Crippen molar-refractivity contribution in [2.24, 2.45) is 0 Å². The molecule has 1 aliphatic heterocycles. The van der Waals surface area contributed by atoms with Crippen molar-refractivity contribution in [3.8, 4) is 0 Å². The monoisotopic (exact) mass is 229 g/mol. The van der Waals surface area contributed by atoms with Crippen LogP contribution in [0.5, 0.6) is 0 Å². The molecule has 1 fully saturated rings. The predicted molar refractivity (Wildman–Crippen MR) is 49.1 cm³/mol. The van der Waals surface area contributed by atoms with Crippen LogP contribution in [0.2, 0.25) is 0 Å². The van der Waals surface area contributed by atoms with Crippen LogP contribution in [0.3, 0.4) is 0 Å². The van der Waals surface area contributed by atoms with Gasteiger partial charge in [-0.1, -0.05) is 0 Å². The zero-order chi connectivity index (χ0) is 6.24. The minimum absolute atomic E-state index is 0. The molecule has 5 heteroatoms. The summed E-state index contributed by atoms with van der Waals surface area (Å²) in [6, 6.07) is 0. The van der Waals surface area contributed by atoms with E-state index in [1.807, 2.05) is 0 Å². The van der Waals surface area contributed by atoms with Crippen LogP contribution in [0.15, 0.2) is 0 Å². The third-order valence-electron chi connectivity index (χ3n) is 0.957. The van der Waals surface area contributed by atoms with Gasteiger partial charge in [0.2, 0.25) is 0 Å². The first-order chi connectivity index (χ1) is 3.91. The molecule has 0 aromatic carbocycles. The zero-order valence-corrected chi connectivity index (χ0v) is 8.60. The first-order valence-electron chi connectivity index (χ1n) is 2.68. The van der Waals surface area contributed by atoms with Gasteiger partial charge in [-0.15, -0.1) is 0 Å². The van der Waals surface area contributed by atoms with Crippen LogP contribution in [0.1, 0.15) is 12.8 Å². The molecule has 0 aromatic heterocycles. The van der Waals surface area contributed by atoms with Gasteiger partial charge < -0.3 is 36.3 Å². The van der Waals surface area contributed by atoms with Crippen molar-refractivity contribution in [1.29, 1.82) is 0 Å². The second-order valence-electron chi connectivity index (χ2n) is 1.55. The van der Waals surface area contributed by atoms with Crippen LogP contribution in [-0.4, -0.2) is 17.8 Å². The number of thiocarbonyl (C=S) groups is 1. The average molecular weight is 230 g/mol. The smallest absolute Gasteiger partial charge is 0 e. The van der Waals surface area contributed by atoms with E-state index in [0.717, 1.165) is 0 Å². The van der Waals surface area contributed by atoms with Crippen LogP contribution in [0, 0.1) is 0 Å². The molecule has 1 saturated heterocycles. The van der Waals surface area contributed by atoms with Crippen molar-refractivity contribution >= 4 is 29.5 Å². The van der Waals surface area contributed by atoms with Gasteiger partial charge in [0.05, 0.1) is 0 Å². The van der Waals surface area contributed by atoms with E-state index in [-0.39, 0.29) is 23.2 Å². The Labute approximate surface area is 84.0 Å². The largest absolute Gasteiger partial charge is 0.436 e. The van der Waals surface area contributed by atoms with E-state index in [0.29, 0.717) is 0 Å². The molecule has 1 heterocycles. The Bertz CT molecular complexity index is 52.0. The summed E-state index contributed by atoms with van der Waals surface area (Å²) >= 11 is 8.17. The summed E-state index contributed by atoms with van der Waals surface area (Å²) < 4.78 is 1.17. The van der Waals surface area contributed by atoms with E-state index >= 15 is 0 Å². The first-order valence-corrected chi connectivity index (χ1v) is 3.62. The molecule has 5 N–H and O–H groups in total. The minimum atomic E-state index is 0. The molecule has 0 atom stereocenters. The van der Waals surface area contributed by atoms with Crippen molar-refractivity contribution in [2.75, 3.05) is 13.1 Å². The molecule has 0 spiro atoms. The molecule has 1 radical (unpaired) electrons. The van der Waals surface area contributed by atoms with E-state index in [1.165, 1.54) is 30.6 Å². The summed E-state index contributed by atoms with van der Waals surface area (Å²) in [4.78, 5) is 0. The molecular formula is C5H14CuN2S2. The number of hydrogen-bond donors (Lipinski definition) is 2. The number of rotatable bonds is 0. The normalized spacial score (nSPS) is 13.2. The Morgan fingerprint density at radius 2 is 1.60 bits per heavy atom. The maximum atomic E-state index is 4.08. The van der Waals surface area contributed by atoms with Crippen molar-refractivity contribution in [2.45, 2.75) is 12.8 Å². The Kier molecular flexibility index (Phi) is 27.9. The molecule has 0 aromatic rings. The molecule has 0 aliphatic carbocycles. The SMILES string of the molecule is C1CCNC1.S=C[S-].[Cu].[NH4+]. The second-order valence-corrected chi connectivity index (χ2v) is 2.32. The quantitative estimate of drug-likeness (QED) is 0.373. The fourth-order valence-corrected chi connectivity index (χ4v) is 0.625. The predicted octanol–water partition coefficient (Wildman–Crippen LogP) is 1.23. The fourth-order valence-electron chi connectivity index (χ4n) is 0.625. The number of nitrogens with one attached hydrogen (secondary N) is 1. The average Bonchev–Trinajstić information content (AvgIpc) is 2.17. The van der Waals surface area contributed by atoms with Crippen LogP contribution in [0.4, 0.5) is 0 Å². The molecule has 10 heavy (non-hydrogen) atoms. The van der Waals surface area contributed by atoms with E-state index in [9.17, 15) is 0 Å². The summed E-state index contributed by atoms with van der Waals surface area (Å²) in [5.41, 5.74) is 0. The van der Waals surface area contributed by atoms with Crippen molar-refractivity contribution in [1.82, 2.24) is 11.5 Å². The van der Waals surface area contributed by atoms with Gasteiger partial charge in [-0.05, 0) is 25.9 Å². The van der Waals surface area contributed by atoms with Gasteiger partial charge in [0.25, 0.3) is 0 Å². The summed E-state index contributed by atoms with van der Waals surface area (Å²) in [7, 11) is 0. The maximum Gasteiger partial charge on any atom is 0 e. The Balaban J connectivity index is -0.0000000900. The molecule has 0 bridgehead atoms. The Hall–Kier alpha value is 0.749.